The summed E-state index contributed by atoms with van der Waals surface area (Å²) >= 11 is 0. The summed E-state index contributed by atoms with van der Waals surface area (Å²) in [6.45, 7) is 5.75. The lowest BCUT2D eigenvalue weighted by Crippen LogP contribution is -2.24. The molecule has 3 atom stereocenters. The molecule has 0 aromatic carbocycles. The summed E-state index contributed by atoms with van der Waals surface area (Å²) in [5, 5.41) is 9.46. The first-order chi connectivity index (χ1) is 6.27. The van der Waals surface area contributed by atoms with Crippen LogP contribution in [0.15, 0.2) is 12.7 Å². The molecule has 1 unspecified atom stereocenters. The molecule has 1 heterocycles. The summed E-state index contributed by atoms with van der Waals surface area (Å²) in [6, 6.07) is 0. The molecule has 0 amide bonds. The van der Waals surface area contributed by atoms with E-state index in [4.69, 9.17) is 4.74 Å². The normalized spacial score (nSPS) is 30.3. The zero-order chi connectivity index (χ0) is 9.68. The van der Waals surface area contributed by atoms with Crippen molar-refractivity contribution in [2.45, 2.75) is 57.3 Å². The highest BCUT2D eigenvalue weighted by molar-refractivity contribution is 4.89. The highest BCUT2D eigenvalue weighted by Gasteiger charge is 2.28. The Balaban J connectivity index is 2.23. The van der Waals surface area contributed by atoms with Gasteiger partial charge in [0.05, 0.1) is 18.3 Å². The van der Waals surface area contributed by atoms with Crippen LogP contribution in [0.25, 0.3) is 0 Å². The van der Waals surface area contributed by atoms with Crippen molar-refractivity contribution in [1.82, 2.24) is 0 Å². The second-order valence-electron chi connectivity index (χ2n) is 3.74. The first-order valence-electron chi connectivity index (χ1n) is 5.24. The van der Waals surface area contributed by atoms with Gasteiger partial charge in [0.1, 0.15) is 0 Å². The summed E-state index contributed by atoms with van der Waals surface area (Å²) in [4.78, 5) is 0. The summed E-state index contributed by atoms with van der Waals surface area (Å²) in [7, 11) is 0. The van der Waals surface area contributed by atoms with Crippen LogP contribution in [0.2, 0.25) is 0 Å². The Hall–Kier alpha value is -0.340. The van der Waals surface area contributed by atoms with E-state index in [2.05, 4.69) is 13.5 Å². The molecule has 2 nitrogen and oxygen atoms in total. The molecule has 76 valence electrons. The molecule has 1 aliphatic rings. The number of rotatable bonds is 5. The van der Waals surface area contributed by atoms with Gasteiger partial charge in [-0.05, 0) is 19.3 Å². The number of hydrogen-bond acceptors (Lipinski definition) is 2. The minimum absolute atomic E-state index is 0.000596. The van der Waals surface area contributed by atoms with E-state index in [1.54, 1.807) is 6.08 Å². The fraction of sp³-hybridized carbons (Fsp3) is 0.818. The van der Waals surface area contributed by atoms with E-state index in [0.717, 1.165) is 19.3 Å². The molecule has 0 aliphatic carbocycles. The van der Waals surface area contributed by atoms with Gasteiger partial charge < -0.3 is 9.84 Å². The molecular formula is C11H20O2. The van der Waals surface area contributed by atoms with E-state index in [0.29, 0.717) is 6.10 Å². The topological polar surface area (TPSA) is 29.5 Å². The molecule has 0 aromatic rings. The van der Waals surface area contributed by atoms with Crippen LogP contribution in [0, 0.1) is 0 Å². The van der Waals surface area contributed by atoms with Crippen LogP contribution < -0.4 is 0 Å². The van der Waals surface area contributed by atoms with Crippen molar-refractivity contribution >= 4 is 0 Å². The van der Waals surface area contributed by atoms with Gasteiger partial charge in [0.2, 0.25) is 0 Å². The van der Waals surface area contributed by atoms with E-state index in [9.17, 15) is 5.11 Å². The Morgan fingerprint density at radius 2 is 2.38 bits per heavy atom. The van der Waals surface area contributed by atoms with E-state index in [1.807, 2.05) is 0 Å². The third-order valence-corrected chi connectivity index (χ3v) is 2.64. The standard InChI is InChI=1S/C11H20O2/c1-3-5-6-9-7-8-11(13-9)10(12)4-2/h4,9-12H,2-3,5-8H2,1H3/t9-,10?,11-/m0/s1. The number of ether oxygens (including phenoxy) is 1. The van der Waals surface area contributed by atoms with E-state index >= 15 is 0 Å². The zero-order valence-corrected chi connectivity index (χ0v) is 8.41. The fourth-order valence-electron chi connectivity index (χ4n) is 1.78. The second-order valence-corrected chi connectivity index (χ2v) is 3.74. The van der Waals surface area contributed by atoms with Gasteiger partial charge in [-0.1, -0.05) is 25.8 Å². The second kappa shape index (κ2) is 5.40. The van der Waals surface area contributed by atoms with Crippen molar-refractivity contribution in [3.63, 3.8) is 0 Å². The van der Waals surface area contributed by atoms with Crippen LogP contribution in [0.1, 0.15) is 39.0 Å². The number of unbranched alkanes of at least 4 members (excludes halogenated alkanes) is 1. The van der Waals surface area contributed by atoms with Gasteiger partial charge in [-0.2, -0.15) is 0 Å². The van der Waals surface area contributed by atoms with E-state index < -0.39 is 6.10 Å². The molecule has 1 saturated heterocycles. The smallest absolute Gasteiger partial charge is 0.0980 e. The molecule has 0 radical (unpaired) electrons. The van der Waals surface area contributed by atoms with Gasteiger partial charge in [0, 0.05) is 0 Å². The largest absolute Gasteiger partial charge is 0.386 e. The maximum atomic E-state index is 9.46. The van der Waals surface area contributed by atoms with Gasteiger partial charge in [-0.25, -0.2) is 0 Å². The molecule has 0 spiro atoms. The maximum absolute atomic E-state index is 9.46. The molecular weight excluding hydrogens is 164 g/mol. The molecule has 2 heteroatoms. The monoisotopic (exact) mass is 184 g/mol. The summed E-state index contributed by atoms with van der Waals surface area (Å²) in [5.74, 6) is 0. The number of aliphatic hydroxyl groups excluding tert-OH is 1. The average molecular weight is 184 g/mol. The molecule has 0 aromatic heterocycles. The van der Waals surface area contributed by atoms with Crippen LogP contribution in [-0.2, 0) is 4.74 Å². The Morgan fingerprint density at radius 3 is 3.00 bits per heavy atom. The summed E-state index contributed by atoms with van der Waals surface area (Å²) < 4.78 is 5.69. The number of hydrogen-bond donors (Lipinski definition) is 1. The Labute approximate surface area is 80.6 Å². The molecule has 13 heavy (non-hydrogen) atoms. The zero-order valence-electron chi connectivity index (χ0n) is 8.41. The van der Waals surface area contributed by atoms with Crippen molar-refractivity contribution in [2.75, 3.05) is 0 Å². The lowest BCUT2D eigenvalue weighted by molar-refractivity contribution is -0.0184. The van der Waals surface area contributed by atoms with Crippen molar-refractivity contribution < 1.29 is 9.84 Å². The van der Waals surface area contributed by atoms with Crippen LogP contribution in [0.3, 0.4) is 0 Å². The van der Waals surface area contributed by atoms with E-state index in [-0.39, 0.29) is 6.10 Å². The third kappa shape index (κ3) is 3.12. The van der Waals surface area contributed by atoms with Gasteiger partial charge in [0.15, 0.2) is 0 Å². The quantitative estimate of drug-likeness (QED) is 0.664. The highest BCUT2D eigenvalue weighted by Crippen LogP contribution is 2.25. The minimum atomic E-state index is -0.480. The molecule has 0 bridgehead atoms. The molecule has 1 aliphatic heterocycles. The molecule has 0 saturated carbocycles. The SMILES string of the molecule is C=CC(O)[C@@H]1CC[C@H](CCCC)O1. The van der Waals surface area contributed by atoms with Gasteiger partial charge in [0.25, 0.3) is 0 Å². The first kappa shape index (κ1) is 10.7. The maximum Gasteiger partial charge on any atom is 0.0980 e. The average Bonchev–Trinajstić information content (AvgIpc) is 2.62. The Kier molecular flexibility index (Phi) is 4.46. The van der Waals surface area contributed by atoms with Crippen molar-refractivity contribution in [1.29, 1.82) is 0 Å². The fourth-order valence-corrected chi connectivity index (χ4v) is 1.78. The molecule has 1 N–H and O–H groups in total. The van der Waals surface area contributed by atoms with Gasteiger partial charge in [-0.3, -0.25) is 0 Å². The van der Waals surface area contributed by atoms with Crippen LogP contribution in [0.4, 0.5) is 0 Å². The minimum Gasteiger partial charge on any atom is -0.386 e. The summed E-state index contributed by atoms with van der Waals surface area (Å²) in [5.41, 5.74) is 0. The third-order valence-electron chi connectivity index (χ3n) is 2.64. The molecule has 1 rings (SSSR count). The van der Waals surface area contributed by atoms with Crippen molar-refractivity contribution in [3.8, 4) is 0 Å². The summed E-state index contributed by atoms with van der Waals surface area (Å²) in [6.07, 6.45) is 7.10. The van der Waals surface area contributed by atoms with Crippen molar-refractivity contribution in [3.05, 3.63) is 12.7 Å². The molecule has 1 fully saturated rings. The van der Waals surface area contributed by atoms with E-state index in [1.165, 1.54) is 12.8 Å². The first-order valence-corrected chi connectivity index (χ1v) is 5.24. The lowest BCUT2D eigenvalue weighted by atomic mass is 10.1. The highest BCUT2D eigenvalue weighted by atomic mass is 16.5. The van der Waals surface area contributed by atoms with Crippen LogP contribution in [0.5, 0.6) is 0 Å². The predicted molar refractivity (Wildman–Crippen MR) is 53.6 cm³/mol. The predicted octanol–water partition coefficient (Wildman–Crippen LogP) is 2.27. The number of aliphatic hydroxyl groups is 1. The van der Waals surface area contributed by atoms with Crippen LogP contribution in [-0.4, -0.2) is 23.4 Å². The lowest BCUT2D eigenvalue weighted by Gasteiger charge is -2.15. The van der Waals surface area contributed by atoms with Crippen LogP contribution >= 0.6 is 0 Å². The van der Waals surface area contributed by atoms with Gasteiger partial charge >= 0.3 is 0 Å². The van der Waals surface area contributed by atoms with Gasteiger partial charge in [-0.15, -0.1) is 6.58 Å². The Morgan fingerprint density at radius 1 is 1.62 bits per heavy atom. The Bertz CT molecular complexity index is 156. The van der Waals surface area contributed by atoms with Crippen molar-refractivity contribution in [2.24, 2.45) is 0 Å².